The maximum atomic E-state index is 12.7. The maximum Gasteiger partial charge on any atom is 0.416 e. The standard InChI is InChI=1S/C20H28F3N3O2/c1-24-9-11-25(12-10-24)14-16-5-7-26(8-6-16)19(27)15-28-18-4-2-3-17(13-18)20(21,22)23/h2-4,13,16H,5-12,14-15H2,1H3. The quantitative estimate of drug-likeness (QED) is 0.763. The number of hydrogen-bond donors (Lipinski definition) is 0. The molecule has 0 saturated carbocycles. The van der Waals surface area contributed by atoms with Gasteiger partial charge >= 0.3 is 6.18 Å². The number of likely N-dealkylation sites (N-methyl/N-ethyl adjacent to an activating group) is 1. The lowest BCUT2D eigenvalue weighted by Crippen LogP contribution is -2.48. The predicted octanol–water partition coefficient (Wildman–Crippen LogP) is 2.57. The molecule has 3 rings (SSSR count). The van der Waals surface area contributed by atoms with Crippen LogP contribution in [0.5, 0.6) is 5.75 Å². The zero-order valence-corrected chi connectivity index (χ0v) is 16.2. The lowest BCUT2D eigenvalue weighted by atomic mass is 9.96. The third kappa shape index (κ3) is 5.85. The van der Waals surface area contributed by atoms with Crippen LogP contribution in [-0.2, 0) is 11.0 Å². The number of carbonyl (C=O) groups is 1. The molecule has 2 fully saturated rings. The number of hydrogen-bond acceptors (Lipinski definition) is 4. The van der Waals surface area contributed by atoms with E-state index in [1.807, 2.05) is 0 Å². The molecule has 1 amide bonds. The second kappa shape index (κ2) is 9.13. The summed E-state index contributed by atoms with van der Waals surface area (Å²) < 4.78 is 43.5. The molecule has 156 valence electrons. The Labute approximate surface area is 164 Å². The van der Waals surface area contributed by atoms with Crippen LogP contribution in [0.2, 0.25) is 0 Å². The van der Waals surface area contributed by atoms with E-state index in [1.54, 1.807) is 4.90 Å². The summed E-state index contributed by atoms with van der Waals surface area (Å²) in [5.74, 6) is 0.487. The lowest BCUT2D eigenvalue weighted by Gasteiger charge is -2.37. The average Bonchev–Trinajstić information content (AvgIpc) is 2.68. The first-order chi connectivity index (χ1) is 13.3. The summed E-state index contributed by atoms with van der Waals surface area (Å²) in [6.45, 7) is 6.61. The number of benzene rings is 1. The minimum atomic E-state index is -4.42. The number of amides is 1. The Hall–Kier alpha value is -1.80. The zero-order chi connectivity index (χ0) is 20.1. The van der Waals surface area contributed by atoms with Gasteiger partial charge in [-0.1, -0.05) is 6.07 Å². The number of alkyl halides is 3. The third-order valence-electron chi connectivity index (χ3n) is 5.60. The number of rotatable bonds is 5. The number of halogens is 3. The highest BCUT2D eigenvalue weighted by Crippen LogP contribution is 2.31. The molecule has 1 aromatic rings. The molecule has 0 spiro atoms. The number of nitrogens with zero attached hydrogens (tertiary/aromatic N) is 3. The molecule has 28 heavy (non-hydrogen) atoms. The number of ether oxygens (including phenoxy) is 1. The largest absolute Gasteiger partial charge is 0.484 e. The highest BCUT2D eigenvalue weighted by molar-refractivity contribution is 5.77. The predicted molar refractivity (Wildman–Crippen MR) is 100 cm³/mol. The zero-order valence-electron chi connectivity index (χ0n) is 16.2. The Kier molecular flexibility index (Phi) is 6.82. The number of carbonyl (C=O) groups excluding carboxylic acids is 1. The summed E-state index contributed by atoms with van der Waals surface area (Å²) >= 11 is 0. The molecule has 0 aromatic heterocycles. The second-order valence-corrected chi connectivity index (χ2v) is 7.74. The van der Waals surface area contributed by atoms with Gasteiger partial charge in [-0.05, 0) is 44.0 Å². The molecular formula is C20H28F3N3O2. The first-order valence-corrected chi connectivity index (χ1v) is 9.80. The van der Waals surface area contributed by atoms with Crippen LogP contribution < -0.4 is 4.74 Å². The maximum absolute atomic E-state index is 12.7. The van der Waals surface area contributed by atoms with E-state index in [2.05, 4.69) is 16.8 Å². The van der Waals surface area contributed by atoms with Gasteiger partial charge in [-0.3, -0.25) is 4.79 Å². The van der Waals surface area contributed by atoms with Crippen molar-refractivity contribution in [3.8, 4) is 5.75 Å². The van der Waals surface area contributed by atoms with Crippen LogP contribution in [0.4, 0.5) is 13.2 Å². The van der Waals surface area contributed by atoms with Crippen molar-refractivity contribution in [2.75, 3.05) is 59.5 Å². The van der Waals surface area contributed by atoms with Crippen molar-refractivity contribution in [3.05, 3.63) is 29.8 Å². The first-order valence-electron chi connectivity index (χ1n) is 9.80. The Morgan fingerprint density at radius 1 is 1.11 bits per heavy atom. The molecule has 0 radical (unpaired) electrons. The highest BCUT2D eigenvalue weighted by Gasteiger charge is 2.31. The van der Waals surface area contributed by atoms with Gasteiger partial charge in [0, 0.05) is 45.8 Å². The van der Waals surface area contributed by atoms with Gasteiger partial charge in [0.1, 0.15) is 5.75 Å². The number of piperidine rings is 1. The summed E-state index contributed by atoms with van der Waals surface area (Å²) in [5, 5.41) is 0. The first kappa shape index (κ1) is 20.9. The molecular weight excluding hydrogens is 371 g/mol. The molecule has 0 unspecified atom stereocenters. The smallest absolute Gasteiger partial charge is 0.416 e. The van der Waals surface area contributed by atoms with Crippen molar-refractivity contribution in [2.45, 2.75) is 19.0 Å². The van der Waals surface area contributed by atoms with Crippen molar-refractivity contribution in [2.24, 2.45) is 5.92 Å². The van der Waals surface area contributed by atoms with Gasteiger partial charge < -0.3 is 19.4 Å². The normalized spacial score (nSPS) is 20.4. The second-order valence-electron chi connectivity index (χ2n) is 7.74. The summed E-state index contributed by atoms with van der Waals surface area (Å²) in [6.07, 6.45) is -2.50. The van der Waals surface area contributed by atoms with Gasteiger partial charge in [0.25, 0.3) is 5.91 Å². The molecule has 8 heteroatoms. The van der Waals surface area contributed by atoms with Gasteiger partial charge in [-0.15, -0.1) is 0 Å². The molecule has 2 heterocycles. The van der Waals surface area contributed by atoms with Crippen LogP contribution in [0.3, 0.4) is 0 Å². The monoisotopic (exact) mass is 399 g/mol. The van der Waals surface area contributed by atoms with E-state index >= 15 is 0 Å². The van der Waals surface area contributed by atoms with E-state index in [0.29, 0.717) is 19.0 Å². The molecule has 2 aliphatic heterocycles. The highest BCUT2D eigenvalue weighted by atomic mass is 19.4. The van der Waals surface area contributed by atoms with Crippen LogP contribution >= 0.6 is 0 Å². The Morgan fingerprint density at radius 2 is 1.79 bits per heavy atom. The molecule has 0 N–H and O–H groups in total. The summed E-state index contributed by atoms with van der Waals surface area (Å²) in [7, 11) is 2.14. The SMILES string of the molecule is CN1CCN(CC2CCN(C(=O)COc3cccc(C(F)(F)F)c3)CC2)CC1. The molecule has 5 nitrogen and oxygen atoms in total. The van der Waals surface area contributed by atoms with Crippen molar-refractivity contribution in [3.63, 3.8) is 0 Å². The van der Waals surface area contributed by atoms with E-state index in [-0.39, 0.29) is 18.3 Å². The average molecular weight is 399 g/mol. The number of piperazine rings is 1. The fourth-order valence-corrected chi connectivity index (χ4v) is 3.76. The fraction of sp³-hybridized carbons (Fsp3) is 0.650. The van der Waals surface area contributed by atoms with Gasteiger partial charge in [-0.2, -0.15) is 13.2 Å². The van der Waals surface area contributed by atoms with Crippen LogP contribution in [0.1, 0.15) is 18.4 Å². The third-order valence-corrected chi connectivity index (χ3v) is 5.60. The fourth-order valence-electron chi connectivity index (χ4n) is 3.76. The topological polar surface area (TPSA) is 36.0 Å². The van der Waals surface area contributed by atoms with Gasteiger partial charge in [0.05, 0.1) is 5.56 Å². The lowest BCUT2D eigenvalue weighted by molar-refractivity contribution is -0.137. The number of likely N-dealkylation sites (tertiary alicyclic amines) is 1. The molecule has 1 aromatic carbocycles. The molecule has 0 atom stereocenters. The Bertz CT molecular complexity index is 652. The van der Waals surface area contributed by atoms with Crippen LogP contribution in [-0.4, -0.2) is 80.1 Å². The van der Waals surface area contributed by atoms with Gasteiger partial charge in [0.2, 0.25) is 0 Å². The van der Waals surface area contributed by atoms with Crippen molar-refractivity contribution in [1.29, 1.82) is 0 Å². The van der Waals surface area contributed by atoms with Crippen LogP contribution in [0.25, 0.3) is 0 Å². The Balaban J connectivity index is 1.40. The van der Waals surface area contributed by atoms with Crippen LogP contribution in [0.15, 0.2) is 24.3 Å². The van der Waals surface area contributed by atoms with Crippen LogP contribution in [0, 0.1) is 5.92 Å². The van der Waals surface area contributed by atoms with E-state index in [0.717, 1.165) is 57.7 Å². The van der Waals surface area contributed by atoms with E-state index in [4.69, 9.17) is 4.74 Å². The van der Waals surface area contributed by atoms with E-state index in [1.165, 1.54) is 12.1 Å². The van der Waals surface area contributed by atoms with Gasteiger partial charge in [-0.25, -0.2) is 0 Å². The summed E-state index contributed by atoms with van der Waals surface area (Å²) in [5.41, 5.74) is -0.776. The molecule has 2 saturated heterocycles. The summed E-state index contributed by atoms with van der Waals surface area (Å²) in [4.78, 5) is 18.9. The minimum absolute atomic E-state index is 0.0631. The molecule has 2 aliphatic rings. The minimum Gasteiger partial charge on any atom is -0.484 e. The Morgan fingerprint density at radius 3 is 2.43 bits per heavy atom. The van der Waals surface area contributed by atoms with Gasteiger partial charge in [0.15, 0.2) is 6.61 Å². The van der Waals surface area contributed by atoms with E-state index in [9.17, 15) is 18.0 Å². The van der Waals surface area contributed by atoms with E-state index < -0.39 is 11.7 Å². The molecule has 0 bridgehead atoms. The molecule has 0 aliphatic carbocycles. The van der Waals surface area contributed by atoms with Crippen molar-refractivity contribution in [1.82, 2.24) is 14.7 Å². The summed E-state index contributed by atoms with van der Waals surface area (Å²) in [6, 6.07) is 4.63. The van der Waals surface area contributed by atoms with Crippen molar-refractivity contribution < 1.29 is 22.7 Å². The van der Waals surface area contributed by atoms with Crippen molar-refractivity contribution >= 4 is 5.91 Å².